The molecule has 2 aromatic carbocycles. The van der Waals surface area contributed by atoms with Gasteiger partial charge in [-0.05, 0) is 85.1 Å². The van der Waals surface area contributed by atoms with E-state index in [0.29, 0.717) is 35.6 Å². The summed E-state index contributed by atoms with van der Waals surface area (Å²) in [5, 5.41) is 7.77. The van der Waals surface area contributed by atoms with Crippen molar-refractivity contribution >= 4 is 45.2 Å². The normalized spacial score (nSPS) is 12.0. The van der Waals surface area contributed by atoms with Crippen LogP contribution in [-0.2, 0) is 69.9 Å². The van der Waals surface area contributed by atoms with Gasteiger partial charge in [-0.15, -0.1) is 24.3 Å². The summed E-state index contributed by atoms with van der Waals surface area (Å²) in [4.78, 5) is 90.6. The molecule has 0 saturated heterocycles. The van der Waals surface area contributed by atoms with Gasteiger partial charge in [0.15, 0.2) is 0 Å². The molecule has 1 aliphatic heterocycles. The monoisotopic (exact) mass is 1290 g/mol. The van der Waals surface area contributed by atoms with Crippen molar-refractivity contribution in [1.82, 2.24) is 40.8 Å². The molecule has 5 amide bonds. The SMILES string of the molecule is Cc1ccnc(-c2cc(CC(=O)CCCC(=O)NC(CS(C)(=O)=O)C(=O)NCCCCC(=O)NCCOCCN3C(=O)C=CC3=O)ccn2)c1.Fc1c[c-]c(-c2ccccn2)c(F)c1.Fc1c[c-]c(-c2ccccn2)c(F)c1.[Ir]. The van der Waals surface area contributed by atoms with Crippen molar-refractivity contribution in [2.45, 2.75) is 57.9 Å². The Kier molecular flexibility index (Phi) is 26.6. The third kappa shape index (κ3) is 23.0. The number of ether oxygens (including phenoxy) is 1. The summed E-state index contributed by atoms with van der Waals surface area (Å²) < 4.78 is 80.8. The molecule has 0 spiro atoms. The first-order valence-electron chi connectivity index (χ1n) is 24.4. The number of hydrogen-bond acceptors (Lipinski definition) is 13. The zero-order valence-corrected chi connectivity index (χ0v) is 46.2. The number of sulfone groups is 1. The van der Waals surface area contributed by atoms with Crippen molar-refractivity contribution in [2.75, 3.05) is 44.9 Å². The van der Waals surface area contributed by atoms with Gasteiger partial charge in [-0.1, -0.05) is 47.5 Å². The largest absolute Gasteiger partial charge is 0.378 e. The number of halogens is 4. The molecule has 419 valence electrons. The smallest absolute Gasteiger partial charge is 0.253 e. The van der Waals surface area contributed by atoms with E-state index in [1.807, 2.05) is 19.1 Å². The number of benzene rings is 2. The fourth-order valence-corrected chi connectivity index (χ4v) is 8.06. The number of unbranched alkanes of at least 4 members (excludes halogenated alkanes) is 1. The Morgan fingerprint density at radius 2 is 1.23 bits per heavy atom. The summed E-state index contributed by atoms with van der Waals surface area (Å²) in [6.07, 6.45) is 11.3. The van der Waals surface area contributed by atoms with E-state index in [1.165, 1.54) is 12.2 Å². The van der Waals surface area contributed by atoms with Gasteiger partial charge in [0.1, 0.15) is 21.7 Å². The van der Waals surface area contributed by atoms with Crippen molar-refractivity contribution in [1.29, 1.82) is 0 Å². The third-order valence-electron chi connectivity index (χ3n) is 11.0. The van der Waals surface area contributed by atoms with Gasteiger partial charge in [0.2, 0.25) is 17.7 Å². The van der Waals surface area contributed by atoms with E-state index in [1.54, 1.807) is 73.3 Å². The number of carbonyl (C=O) groups is 6. The van der Waals surface area contributed by atoms with Gasteiger partial charge >= 0.3 is 0 Å². The van der Waals surface area contributed by atoms with Crippen molar-refractivity contribution < 1.29 is 79.6 Å². The fraction of sp³-hybridized carbons (Fsp3) is 0.286. The van der Waals surface area contributed by atoms with E-state index >= 15 is 0 Å². The minimum absolute atomic E-state index is 0. The van der Waals surface area contributed by atoms with Crippen LogP contribution >= 0.6 is 0 Å². The predicted octanol–water partition coefficient (Wildman–Crippen LogP) is 6.26. The number of pyridine rings is 4. The number of aromatic nitrogens is 4. The molecule has 1 unspecified atom stereocenters. The van der Waals surface area contributed by atoms with Crippen molar-refractivity contribution in [3.05, 3.63) is 168 Å². The molecule has 0 fully saturated rings. The molecule has 17 nitrogen and oxygen atoms in total. The summed E-state index contributed by atoms with van der Waals surface area (Å²) in [6.45, 7) is 2.84. The van der Waals surface area contributed by atoms with E-state index in [2.05, 4.69) is 48.0 Å². The number of nitrogens with zero attached hydrogens (tertiary/aromatic N) is 5. The number of Topliss-reactive ketones (excluding diaryl/α,β-unsaturated/α-hetero) is 1. The number of ketones is 1. The van der Waals surface area contributed by atoms with Crippen LogP contribution in [0.3, 0.4) is 0 Å². The van der Waals surface area contributed by atoms with Gasteiger partial charge in [-0.2, -0.15) is 0 Å². The van der Waals surface area contributed by atoms with E-state index in [4.69, 9.17) is 4.74 Å². The molecule has 3 N–H and O–H groups in total. The van der Waals surface area contributed by atoms with Crippen LogP contribution in [0.5, 0.6) is 0 Å². The van der Waals surface area contributed by atoms with Crippen LogP contribution < -0.4 is 16.0 Å². The average molecular weight is 1290 g/mol. The van der Waals surface area contributed by atoms with Crippen molar-refractivity contribution in [2.24, 2.45) is 0 Å². The molecule has 79 heavy (non-hydrogen) atoms. The Hall–Kier alpha value is -7.72. The standard InChI is InChI=1S/C34H44N6O9S.2C11H6F2N.Ir/c1-24-11-14-35-27(20-24)28-22-25(12-15-36-28)21-26(41)6-5-8-31(43)39-29(23-50(2,47)48)34(46)38-13-4-3-7-30(42)37-16-18-49-19-17-40-32(44)9-10-33(40)45;2*12-8-4-5-9(10(13)7-8)11-3-1-2-6-14-11;/h9-12,14-15,20,22,29H,3-8,13,16-19,21,23H2,1-2H3,(H,37,42)(H,38,46)(H,39,43);2*1-4,6-7H;/q;2*-1;. The number of imide groups is 1. The molecular weight excluding hydrogens is 1230 g/mol. The maximum absolute atomic E-state index is 13.2. The minimum atomic E-state index is -3.62. The molecule has 7 rings (SSSR count). The molecule has 6 aromatic rings. The Balaban J connectivity index is 0.000000370. The van der Waals surface area contributed by atoms with E-state index < -0.39 is 56.7 Å². The quantitative estimate of drug-likeness (QED) is 0.0263. The van der Waals surface area contributed by atoms with E-state index in [0.717, 1.165) is 46.5 Å². The van der Waals surface area contributed by atoms with Crippen LogP contribution in [0.4, 0.5) is 17.6 Å². The first-order chi connectivity index (χ1) is 37.3. The fourth-order valence-electron chi connectivity index (χ4n) is 7.22. The number of aryl methyl sites for hydroxylation is 1. The zero-order chi connectivity index (χ0) is 56.5. The molecule has 1 radical (unpaired) electrons. The molecule has 4 aromatic heterocycles. The van der Waals surface area contributed by atoms with Crippen LogP contribution in [-0.4, -0.2) is 119 Å². The van der Waals surface area contributed by atoms with E-state index in [-0.39, 0.29) is 120 Å². The average Bonchev–Trinajstić information content (AvgIpc) is 3.73. The summed E-state index contributed by atoms with van der Waals surface area (Å²) >= 11 is 0. The molecule has 5 heterocycles. The maximum atomic E-state index is 13.2. The van der Waals surface area contributed by atoms with Crippen LogP contribution in [0.15, 0.2) is 122 Å². The van der Waals surface area contributed by atoms with Crippen LogP contribution in [0.2, 0.25) is 0 Å². The minimum Gasteiger partial charge on any atom is -0.378 e. The van der Waals surface area contributed by atoms with Crippen LogP contribution in [0.1, 0.15) is 49.7 Å². The molecular formula is C56H56F4IrN8O9S-2. The molecule has 0 saturated carbocycles. The first-order valence-corrected chi connectivity index (χ1v) is 26.5. The number of rotatable bonds is 24. The molecule has 1 aliphatic rings. The zero-order valence-electron chi connectivity index (χ0n) is 43.0. The van der Waals surface area contributed by atoms with Crippen molar-refractivity contribution in [3.8, 4) is 33.9 Å². The summed E-state index contributed by atoms with van der Waals surface area (Å²) in [7, 11) is -3.62. The Labute approximate surface area is 468 Å². The molecule has 1 atom stereocenters. The topological polar surface area (TPSA) is 237 Å². The molecule has 0 aliphatic carbocycles. The van der Waals surface area contributed by atoms with Crippen LogP contribution in [0.25, 0.3) is 33.9 Å². The van der Waals surface area contributed by atoms with Gasteiger partial charge in [0.05, 0.1) is 36.9 Å². The van der Waals surface area contributed by atoms with Gasteiger partial charge in [0, 0.05) is 125 Å². The summed E-state index contributed by atoms with van der Waals surface area (Å²) in [6, 6.07) is 25.1. The number of carbonyl (C=O) groups excluding carboxylic acids is 6. The third-order valence-corrected chi connectivity index (χ3v) is 11.9. The Morgan fingerprint density at radius 3 is 1.78 bits per heavy atom. The first kappa shape index (κ1) is 63.8. The predicted molar refractivity (Wildman–Crippen MR) is 280 cm³/mol. The second-order valence-electron chi connectivity index (χ2n) is 17.4. The number of nitrogens with one attached hydrogen (secondary N) is 3. The number of amides is 5. The Morgan fingerprint density at radius 1 is 0.658 bits per heavy atom. The second kappa shape index (κ2) is 32.9. The van der Waals surface area contributed by atoms with Crippen LogP contribution in [0, 0.1) is 42.3 Å². The van der Waals surface area contributed by atoms with Gasteiger partial charge < -0.3 is 30.7 Å². The summed E-state index contributed by atoms with van der Waals surface area (Å²) in [5.41, 5.74) is 4.44. The van der Waals surface area contributed by atoms with Gasteiger partial charge in [-0.25, -0.2) is 8.42 Å². The van der Waals surface area contributed by atoms with Gasteiger partial charge in [-0.3, -0.25) is 61.2 Å². The van der Waals surface area contributed by atoms with Gasteiger partial charge in [0.25, 0.3) is 11.8 Å². The second-order valence-corrected chi connectivity index (χ2v) is 19.6. The summed E-state index contributed by atoms with van der Waals surface area (Å²) in [5.74, 6) is -5.44. The molecule has 23 heteroatoms. The number of hydrogen-bond donors (Lipinski definition) is 3. The Bertz CT molecular complexity index is 3060. The molecule has 0 bridgehead atoms. The maximum Gasteiger partial charge on any atom is 0.253 e. The van der Waals surface area contributed by atoms with E-state index in [9.17, 15) is 54.7 Å². The van der Waals surface area contributed by atoms with Crippen molar-refractivity contribution in [3.63, 3.8) is 0 Å².